The molecule has 0 bridgehead atoms. The van der Waals surface area contributed by atoms with Crippen LogP contribution in [-0.4, -0.2) is 31.1 Å². The van der Waals surface area contributed by atoms with Gasteiger partial charge in [0.2, 0.25) is 5.91 Å². The van der Waals surface area contributed by atoms with E-state index in [0.717, 1.165) is 0 Å². The minimum atomic E-state index is -0.546. The highest BCUT2D eigenvalue weighted by atomic mass is 35.5. The molecule has 7 heteroatoms. The van der Waals surface area contributed by atoms with Crippen molar-refractivity contribution in [3.63, 3.8) is 0 Å². The average Bonchev–Trinajstić information content (AvgIpc) is 2.63. The van der Waals surface area contributed by atoms with E-state index >= 15 is 0 Å². The minimum absolute atomic E-state index is 0.185. The largest absolute Gasteiger partial charge is 0.374 e. The van der Waals surface area contributed by atoms with Crippen LogP contribution in [0.4, 0.5) is 17.1 Å². The van der Waals surface area contributed by atoms with Crippen LogP contribution in [0.2, 0.25) is 5.02 Å². The van der Waals surface area contributed by atoms with Gasteiger partial charge in [-0.05, 0) is 56.3 Å². The number of hydrogen-bond donors (Lipinski definition) is 3. The molecule has 6 nitrogen and oxygen atoms in total. The van der Waals surface area contributed by atoms with E-state index in [9.17, 15) is 9.59 Å². The highest BCUT2D eigenvalue weighted by Crippen LogP contribution is 2.18. The average molecular weight is 376 g/mol. The summed E-state index contributed by atoms with van der Waals surface area (Å²) in [5.74, 6) is -0.423. The van der Waals surface area contributed by atoms with E-state index in [1.807, 2.05) is 6.07 Å². The van der Waals surface area contributed by atoms with Crippen molar-refractivity contribution in [3.05, 3.63) is 53.6 Å². The van der Waals surface area contributed by atoms with E-state index in [-0.39, 0.29) is 11.8 Å². The summed E-state index contributed by atoms with van der Waals surface area (Å²) in [6.45, 7) is 3.42. The zero-order chi connectivity index (χ0) is 19.1. The Bertz CT molecular complexity index is 765. The zero-order valence-corrected chi connectivity index (χ0v) is 15.6. The Balaban J connectivity index is 1.96. The Morgan fingerprint density at radius 2 is 1.54 bits per heavy atom. The van der Waals surface area contributed by atoms with Crippen molar-refractivity contribution < 1.29 is 14.3 Å². The summed E-state index contributed by atoms with van der Waals surface area (Å²) < 4.78 is 4.99. The number of amides is 2. The van der Waals surface area contributed by atoms with Gasteiger partial charge in [-0.1, -0.05) is 17.7 Å². The number of benzene rings is 2. The third-order valence-electron chi connectivity index (χ3n) is 3.74. The van der Waals surface area contributed by atoms with Gasteiger partial charge in [0, 0.05) is 29.2 Å². The van der Waals surface area contributed by atoms with E-state index in [2.05, 4.69) is 16.0 Å². The molecule has 2 aromatic rings. The molecule has 0 fully saturated rings. The summed E-state index contributed by atoms with van der Waals surface area (Å²) in [6, 6.07) is 13.6. The molecule has 2 rings (SSSR count). The van der Waals surface area contributed by atoms with Crippen molar-refractivity contribution >= 4 is 40.5 Å². The molecular weight excluding hydrogens is 354 g/mol. The highest BCUT2D eigenvalue weighted by molar-refractivity contribution is 6.30. The van der Waals surface area contributed by atoms with Crippen LogP contribution >= 0.6 is 11.6 Å². The van der Waals surface area contributed by atoms with Crippen LogP contribution in [0, 0.1) is 0 Å². The smallest absolute Gasteiger partial charge is 0.253 e. The second-order valence-corrected chi connectivity index (χ2v) is 6.25. The molecule has 0 saturated heterocycles. The lowest BCUT2D eigenvalue weighted by atomic mass is 10.2. The molecule has 0 aliphatic heterocycles. The molecule has 0 radical (unpaired) electrons. The van der Waals surface area contributed by atoms with E-state index in [1.54, 1.807) is 56.3 Å². The van der Waals surface area contributed by atoms with Crippen LogP contribution in [-0.2, 0) is 14.3 Å². The summed E-state index contributed by atoms with van der Waals surface area (Å²) in [7, 11) is 1.48. The number of carbonyl (C=O) groups is 2. The number of hydrogen-bond acceptors (Lipinski definition) is 4. The Kier molecular flexibility index (Phi) is 7.00. The SMILES string of the molecule is COC(C)C(=O)Nc1cccc(NC(C)C(=O)Nc2ccc(Cl)cc2)c1. The Labute approximate surface area is 157 Å². The zero-order valence-electron chi connectivity index (χ0n) is 14.9. The number of nitrogens with one attached hydrogen (secondary N) is 3. The summed E-state index contributed by atoms with van der Waals surface area (Å²) in [4.78, 5) is 24.2. The molecular formula is C19H22ClN3O3. The first-order chi connectivity index (χ1) is 12.4. The quantitative estimate of drug-likeness (QED) is 0.688. The number of ether oxygens (including phenoxy) is 1. The fourth-order valence-electron chi connectivity index (χ4n) is 2.14. The second kappa shape index (κ2) is 9.22. The predicted octanol–water partition coefficient (Wildman–Crippen LogP) is 3.75. The normalized spacial score (nSPS) is 12.8. The predicted molar refractivity (Wildman–Crippen MR) is 105 cm³/mol. The van der Waals surface area contributed by atoms with Crippen LogP contribution < -0.4 is 16.0 Å². The summed E-state index contributed by atoms with van der Waals surface area (Å²) in [5, 5.41) is 9.29. The molecule has 0 heterocycles. The van der Waals surface area contributed by atoms with Gasteiger partial charge in [0.05, 0.1) is 0 Å². The Morgan fingerprint density at radius 3 is 2.19 bits per heavy atom. The maximum absolute atomic E-state index is 12.3. The molecule has 138 valence electrons. The number of rotatable bonds is 7. The van der Waals surface area contributed by atoms with Gasteiger partial charge < -0.3 is 20.7 Å². The molecule has 0 spiro atoms. The fraction of sp³-hybridized carbons (Fsp3) is 0.263. The third-order valence-corrected chi connectivity index (χ3v) is 3.99. The monoisotopic (exact) mass is 375 g/mol. The first-order valence-corrected chi connectivity index (χ1v) is 8.53. The highest BCUT2D eigenvalue weighted by Gasteiger charge is 2.14. The van der Waals surface area contributed by atoms with Crippen LogP contribution in [0.15, 0.2) is 48.5 Å². The first-order valence-electron chi connectivity index (χ1n) is 8.15. The van der Waals surface area contributed by atoms with Crippen molar-refractivity contribution in [2.75, 3.05) is 23.1 Å². The van der Waals surface area contributed by atoms with E-state index in [0.29, 0.717) is 22.1 Å². The van der Waals surface area contributed by atoms with Gasteiger partial charge in [-0.25, -0.2) is 0 Å². The molecule has 0 saturated carbocycles. The van der Waals surface area contributed by atoms with E-state index in [1.165, 1.54) is 7.11 Å². The third kappa shape index (κ3) is 5.75. The van der Waals surface area contributed by atoms with Crippen molar-refractivity contribution in [1.29, 1.82) is 0 Å². The van der Waals surface area contributed by atoms with Crippen molar-refractivity contribution in [3.8, 4) is 0 Å². The lowest BCUT2D eigenvalue weighted by Gasteiger charge is -2.16. The standard InChI is InChI=1S/C19H22ClN3O3/c1-12(18(24)22-15-9-7-14(20)8-10-15)21-16-5-4-6-17(11-16)23-19(25)13(2)26-3/h4-13,21H,1-3H3,(H,22,24)(H,23,25). The van der Waals surface area contributed by atoms with Gasteiger partial charge in [-0.2, -0.15) is 0 Å². The molecule has 2 atom stereocenters. The Hall–Kier alpha value is -2.57. The van der Waals surface area contributed by atoms with E-state index < -0.39 is 12.1 Å². The topological polar surface area (TPSA) is 79.5 Å². The molecule has 2 aromatic carbocycles. The van der Waals surface area contributed by atoms with E-state index in [4.69, 9.17) is 16.3 Å². The summed E-state index contributed by atoms with van der Waals surface area (Å²) in [6.07, 6.45) is -0.546. The van der Waals surface area contributed by atoms with Crippen LogP contribution in [0.5, 0.6) is 0 Å². The van der Waals surface area contributed by atoms with Crippen molar-refractivity contribution in [1.82, 2.24) is 0 Å². The fourth-order valence-corrected chi connectivity index (χ4v) is 2.26. The lowest BCUT2D eigenvalue weighted by molar-refractivity contribution is -0.124. The van der Waals surface area contributed by atoms with Gasteiger partial charge in [0.1, 0.15) is 12.1 Å². The lowest BCUT2D eigenvalue weighted by Crippen LogP contribution is -2.32. The number of methoxy groups -OCH3 is 1. The Morgan fingerprint density at radius 1 is 0.923 bits per heavy atom. The van der Waals surface area contributed by atoms with Crippen LogP contribution in [0.1, 0.15) is 13.8 Å². The number of carbonyl (C=O) groups excluding carboxylic acids is 2. The van der Waals surface area contributed by atoms with Gasteiger partial charge >= 0.3 is 0 Å². The van der Waals surface area contributed by atoms with Crippen LogP contribution in [0.25, 0.3) is 0 Å². The second-order valence-electron chi connectivity index (χ2n) is 5.81. The summed E-state index contributed by atoms with van der Waals surface area (Å²) in [5.41, 5.74) is 2.00. The molecule has 0 aromatic heterocycles. The molecule has 3 N–H and O–H groups in total. The van der Waals surface area contributed by atoms with Crippen LogP contribution in [0.3, 0.4) is 0 Å². The van der Waals surface area contributed by atoms with Crippen molar-refractivity contribution in [2.45, 2.75) is 26.0 Å². The van der Waals surface area contributed by atoms with Gasteiger partial charge in [-0.3, -0.25) is 9.59 Å². The van der Waals surface area contributed by atoms with Gasteiger partial charge in [0.25, 0.3) is 5.91 Å². The molecule has 2 unspecified atom stereocenters. The maximum Gasteiger partial charge on any atom is 0.253 e. The minimum Gasteiger partial charge on any atom is -0.374 e. The molecule has 26 heavy (non-hydrogen) atoms. The summed E-state index contributed by atoms with van der Waals surface area (Å²) >= 11 is 5.83. The van der Waals surface area contributed by atoms with Crippen molar-refractivity contribution in [2.24, 2.45) is 0 Å². The maximum atomic E-state index is 12.3. The molecule has 0 aliphatic rings. The van der Waals surface area contributed by atoms with Gasteiger partial charge in [0.15, 0.2) is 0 Å². The number of halogens is 1. The molecule has 2 amide bonds. The number of anilines is 3. The first kappa shape index (κ1) is 19.8. The van der Waals surface area contributed by atoms with Gasteiger partial charge in [-0.15, -0.1) is 0 Å². The molecule has 0 aliphatic carbocycles.